The summed E-state index contributed by atoms with van der Waals surface area (Å²) in [6.45, 7) is 0.486. The normalized spacial score (nSPS) is 13.1. The lowest BCUT2D eigenvalue weighted by Gasteiger charge is -2.20. The van der Waals surface area contributed by atoms with E-state index in [4.69, 9.17) is 10.5 Å². The van der Waals surface area contributed by atoms with Crippen molar-refractivity contribution in [3.05, 3.63) is 53.3 Å². The Morgan fingerprint density at radius 2 is 2.05 bits per heavy atom. The third-order valence-corrected chi connectivity index (χ3v) is 3.68. The van der Waals surface area contributed by atoms with Gasteiger partial charge < -0.3 is 15.4 Å². The minimum atomic E-state index is -0.595. The van der Waals surface area contributed by atoms with Crippen LogP contribution in [0.3, 0.4) is 0 Å². The van der Waals surface area contributed by atoms with Crippen LogP contribution < -0.4 is 15.4 Å². The Hall–Kier alpha value is -2.56. The van der Waals surface area contributed by atoms with Crippen LogP contribution in [0, 0.1) is 5.82 Å². The molecular formula is C16H15FN2O2. The van der Waals surface area contributed by atoms with Gasteiger partial charge in [0.2, 0.25) is 0 Å². The van der Waals surface area contributed by atoms with Gasteiger partial charge >= 0.3 is 0 Å². The number of nitrogens with two attached hydrogens (primary N) is 1. The van der Waals surface area contributed by atoms with Crippen molar-refractivity contribution in [3.8, 4) is 5.75 Å². The highest BCUT2D eigenvalue weighted by molar-refractivity contribution is 6.10. The standard InChI is InChI=1S/C16H15FN2O2/c1-21-13-7-3-5-11(17)14(13)16(20)19-9-8-10-4-2-6-12(18)15(10)19/h2-7H,8-9,18H2,1H3. The molecule has 0 atom stereocenters. The number of benzene rings is 2. The molecule has 0 unspecified atom stereocenters. The molecule has 3 rings (SSSR count). The van der Waals surface area contributed by atoms with Gasteiger partial charge in [-0.1, -0.05) is 18.2 Å². The maximum Gasteiger partial charge on any atom is 0.265 e. The molecule has 108 valence electrons. The number of hydrogen-bond donors (Lipinski definition) is 1. The number of nitrogen functional groups attached to an aromatic ring is 1. The van der Waals surface area contributed by atoms with Gasteiger partial charge in [0.15, 0.2) is 0 Å². The summed E-state index contributed by atoms with van der Waals surface area (Å²) in [4.78, 5) is 14.2. The van der Waals surface area contributed by atoms with Crippen LogP contribution in [0.25, 0.3) is 0 Å². The van der Waals surface area contributed by atoms with Gasteiger partial charge in [-0.3, -0.25) is 4.79 Å². The number of fused-ring (bicyclic) bond motifs is 1. The van der Waals surface area contributed by atoms with Crippen molar-refractivity contribution in [2.75, 3.05) is 24.3 Å². The number of nitrogens with zero attached hydrogens (tertiary/aromatic N) is 1. The Bertz CT molecular complexity index is 715. The van der Waals surface area contributed by atoms with Crippen LogP contribution in [-0.2, 0) is 6.42 Å². The van der Waals surface area contributed by atoms with E-state index in [9.17, 15) is 9.18 Å². The van der Waals surface area contributed by atoms with E-state index in [1.165, 1.54) is 24.1 Å². The second-order valence-corrected chi connectivity index (χ2v) is 4.88. The Morgan fingerprint density at radius 1 is 1.29 bits per heavy atom. The van der Waals surface area contributed by atoms with Gasteiger partial charge in [-0.25, -0.2) is 4.39 Å². The van der Waals surface area contributed by atoms with Crippen LogP contribution in [0.2, 0.25) is 0 Å². The molecule has 0 saturated heterocycles. The first-order valence-electron chi connectivity index (χ1n) is 6.65. The molecule has 0 bridgehead atoms. The first-order chi connectivity index (χ1) is 10.1. The Kier molecular flexibility index (Phi) is 3.25. The van der Waals surface area contributed by atoms with Crippen molar-refractivity contribution in [2.24, 2.45) is 0 Å². The summed E-state index contributed by atoms with van der Waals surface area (Å²) >= 11 is 0. The van der Waals surface area contributed by atoms with Crippen LogP contribution >= 0.6 is 0 Å². The van der Waals surface area contributed by atoms with Crippen LogP contribution in [0.5, 0.6) is 5.75 Å². The quantitative estimate of drug-likeness (QED) is 0.863. The maximum atomic E-state index is 14.1. The molecule has 0 saturated carbocycles. The molecule has 2 N–H and O–H groups in total. The van der Waals surface area contributed by atoms with E-state index in [0.717, 1.165) is 5.56 Å². The second kappa shape index (κ2) is 5.09. The number of carbonyl (C=O) groups is 1. The highest BCUT2D eigenvalue weighted by Gasteiger charge is 2.30. The number of hydrogen-bond acceptors (Lipinski definition) is 3. The number of ether oxygens (including phenoxy) is 1. The first-order valence-corrected chi connectivity index (χ1v) is 6.65. The molecular weight excluding hydrogens is 271 g/mol. The third-order valence-electron chi connectivity index (χ3n) is 3.68. The highest BCUT2D eigenvalue weighted by Crippen LogP contribution is 2.36. The van der Waals surface area contributed by atoms with E-state index in [1.54, 1.807) is 12.1 Å². The van der Waals surface area contributed by atoms with Crippen LogP contribution in [0.15, 0.2) is 36.4 Å². The highest BCUT2D eigenvalue weighted by atomic mass is 19.1. The maximum absolute atomic E-state index is 14.1. The van der Waals surface area contributed by atoms with Gasteiger partial charge in [0.25, 0.3) is 5.91 Å². The van der Waals surface area contributed by atoms with E-state index in [1.807, 2.05) is 12.1 Å². The molecule has 1 amide bonds. The van der Waals surface area contributed by atoms with Crippen molar-refractivity contribution < 1.29 is 13.9 Å². The summed E-state index contributed by atoms with van der Waals surface area (Å²) in [5.74, 6) is -0.799. The molecule has 1 aliphatic heterocycles. The fraction of sp³-hybridized carbons (Fsp3) is 0.188. The van der Waals surface area contributed by atoms with Crippen LogP contribution in [0.4, 0.5) is 15.8 Å². The van der Waals surface area contributed by atoms with Gasteiger partial charge in [0.1, 0.15) is 17.1 Å². The topological polar surface area (TPSA) is 55.6 Å². The number of para-hydroxylation sites is 1. The van der Waals surface area contributed by atoms with Crippen molar-refractivity contribution >= 4 is 17.3 Å². The summed E-state index contributed by atoms with van der Waals surface area (Å²) in [5.41, 5.74) is 8.10. The number of carbonyl (C=O) groups excluding carboxylic acids is 1. The fourth-order valence-corrected chi connectivity index (χ4v) is 2.71. The summed E-state index contributed by atoms with van der Waals surface area (Å²) in [6, 6.07) is 9.85. The zero-order chi connectivity index (χ0) is 15.0. The number of halogens is 1. The molecule has 0 fully saturated rings. The predicted octanol–water partition coefficient (Wildman–Crippen LogP) is 2.62. The lowest BCUT2D eigenvalue weighted by molar-refractivity contribution is 0.0982. The molecule has 21 heavy (non-hydrogen) atoms. The van der Waals surface area contributed by atoms with Crippen molar-refractivity contribution in [2.45, 2.75) is 6.42 Å². The molecule has 4 nitrogen and oxygen atoms in total. The lowest BCUT2D eigenvalue weighted by Crippen LogP contribution is -2.30. The van der Waals surface area contributed by atoms with E-state index in [2.05, 4.69) is 0 Å². The Balaban J connectivity index is 2.07. The second-order valence-electron chi connectivity index (χ2n) is 4.88. The van der Waals surface area contributed by atoms with E-state index < -0.39 is 11.7 Å². The molecule has 0 aromatic heterocycles. The van der Waals surface area contributed by atoms with Gasteiger partial charge in [-0.05, 0) is 30.2 Å². The average Bonchev–Trinajstić information content (AvgIpc) is 2.91. The summed E-state index contributed by atoms with van der Waals surface area (Å²) in [6.07, 6.45) is 0.711. The molecule has 1 aliphatic rings. The summed E-state index contributed by atoms with van der Waals surface area (Å²) < 4.78 is 19.2. The minimum absolute atomic E-state index is 0.0592. The number of amides is 1. The first kappa shape index (κ1) is 13.4. The van der Waals surface area contributed by atoms with E-state index in [0.29, 0.717) is 24.3 Å². The Labute approximate surface area is 121 Å². The van der Waals surface area contributed by atoms with Crippen LogP contribution in [-0.4, -0.2) is 19.6 Å². The monoisotopic (exact) mass is 286 g/mol. The van der Waals surface area contributed by atoms with Gasteiger partial charge in [-0.2, -0.15) is 0 Å². The fourth-order valence-electron chi connectivity index (χ4n) is 2.71. The molecule has 1 heterocycles. The van der Waals surface area contributed by atoms with Gasteiger partial charge in [0, 0.05) is 6.54 Å². The van der Waals surface area contributed by atoms with Gasteiger partial charge in [-0.15, -0.1) is 0 Å². The summed E-state index contributed by atoms with van der Waals surface area (Å²) in [7, 11) is 1.41. The molecule has 5 heteroatoms. The zero-order valence-electron chi connectivity index (χ0n) is 11.6. The third kappa shape index (κ3) is 2.11. The smallest absolute Gasteiger partial charge is 0.265 e. The largest absolute Gasteiger partial charge is 0.496 e. The number of anilines is 2. The summed E-state index contributed by atoms with van der Waals surface area (Å²) in [5, 5.41) is 0. The zero-order valence-corrected chi connectivity index (χ0v) is 11.6. The number of rotatable bonds is 2. The molecule has 0 spiro atoms. The van der Waals surface area contributed by atoms with Crippen molar-refractivity contribution in [1.29, 1.82) is 0 Å². The van der Waals surface area contributed by atoms with E-state index in [-0.39, 0.29) is 11.3 Å². The van der Waals surface area contributed by atoms with Crippen LogP contribution in [0.1, 0.15) is 15.9 Å². The lowest BCUT2D eigenvalue weighted by atomic mass is 10.1. The minimum Gasteiger partial charge on any atom is -0.496 e. The molecule has 2 aromatic rings. The van der Waals surface area contributed by atoms with E-state index >= 15 is 0 Å². The van der Waals surface area contributed by atoms with Crippen molar-refractivity contribution in [1.82, 2.24) is 0 Å². The van der Waals surface area contributed by atoms with Gasteiger partial charge in [0.05, 0.1) is 18.5 Å². The molecule has 0 aliphatic carbocycles. The Morgan fingerprint density at radius 3 is 2.81 bits per heavy atom. The molecule has 2 aromatic carbocycles. The SMILES string of the molecule is COc1cccc(F)c1C(=O)N1CCc2cccc(N)c21. The van der Waals surface area contributed by atoms with Crippen molar-refractivity contribution in [3.63, 3.8) is 0 Å². The molecule has 0 radical (unpaired) electrons. The predicted molar refractivity (Wildman–Crippen MR) is 79.2 cm³/mol. The number of methoxy groups -OCH3 is 1. The average molecular weight is 286 g/mol.